The molecular weight excluding hydrogens is 345 g/mol. The van der Waals surface area contributed by atoms with Gasteiger partial charge >= 0.3 is 0 Å². The number of benzene rings is 1. The van der Waals surface area contributed by atoms with Gasteiger partial charge in [-0.3, -0.25) is 0 Å². The number of aromatic nitrogens is 4. The number of nitrogens with zero attached hydrogens (tertiary/aromatic N) is 4. The summed E-state index contributed by atoms with van der Waals surface area (Å²) in [5.41, 5.74) is 2.58. The van der Waals surface area contributed by atoms with E-state index in [0.29, 0.717) is 5.92 Å². The molecule has 142 valence electrons. The smallest absolute Gasteiger partial charge is 0.132 e. The number of rotatable bonds is 6. The maximum absolute atomic E-state index is 13.4. The van der Waals surface area contributed by atoms with Gasteiger partial charge in [-0.25, -0.2) is 19.3 Å². The minimum Gasteiger partial charge on any atom is -0.381 e. The van der Waals surface area contributed by atoms with Gasteiger partial charge in [0.2, 0.25) is 0 Å². The van der Waals surface area contributed by atoms with Gasteiger partial charge in [0.1, 0.15) is 23.3 Å². The SMILES string of the molecule is CCN(CCc1nc2ccc(F)cc2[nH]1)c1cc(C2CCOC2)nc(C)n1. The minimum atomic E-state index is -0.257. The van der Waals surface area contributed by atoms with Crippen molar-refractivity contribution in [1.29, 1.82) is 0 Å². The van der Waals surface area contributed by atoms with Gasteiger partial charge < -0.3 is 14.6 Å². The van der Waals surface area contributed by atoms with Crippen LogP contribution in [0.4, 0.5) is 10.2 Å². The van der Waals surface area contributed by atoms with Gasteiger partial charge in [0.25, 0.3) is 0 Å². The van der Waals surface area contributed by atoms with E-state index < -0.39 is 0 Å². The third-order valence-electron chi connectivity index (χ3n) is 5.01. The number of nitrogens with one attached hydrogen (secondary N) is 1. The van der Waals surface area contributed by atoms with Crippen molar-refractivity contribution in [3.63, 3.8) is 0 Å². The maximum Gasteiger partial charge on any atom is 0.132 e. The summed E-state index contributed by atoms with van der Waals surface area (Å²) in [6.45, 7) is 7.20. The van der Waals surface area contributed by atoms with E-state index in [9.17, 15) is 4.39 Å². The Bertz CT molecular complexity index is 935. The molecule has 1 aromatic carbocycles. The summed E-state index contributed by atoms with van der Waals surface area (Å²) in [5.74, 6) is 2.67. The largest absolute Gasteiger partial charge is 0.381 e. The second-order valence-corrected chi connectivity index (χ2v) is 6.93. The highest BCUT2D eigenvalue weighted by Crippen LogP contribution is 2.26. The van der Waals surface area contributed by atoms with E-state index in [1.165, 1.54) is 12.1 Å². The Morgan fingerprint density at radius 3 is 2.93 bits per heavy atom. The molecule has 0 bridgehead atoms. The molecule has 0 amide bonds. The molecule has 1 fully saturated rings. The van der Waals surface area contributed by atoms with Gasteiger partial charge in [0.05, 0.1) is 23.3 Å². The van der Waals surface area contributed by atoms with Gasteiger partial charge in [-0.2, -0.15) is 0 Å². The monoisotopic (exact) mass is 369 g/mol. The van der Waals surface area contributed by atoms with Crippen LogP contribution in [0.15, 0.2) is 24.3 Å². The van der Waals surface area contributed by atoms with Crippen LogP contribution in [0.25, 0.3) is 11.0 Å². The van der Waals surface area contributed by atoms with E-state index in [-0.39, 0.29) is 5.82 Å². The normalized spacial score (nSPS) is 16.9. The number of anilines is 1. The number of fused-ring (bicyclic) bond motifs is 1. The molecule has 1 N–H and O–H groups in total. The van der Waals surface area contributed by atoms with Gasteiger partial charge in [0.15, 0.2) is 0 Å². The molecule has 4 rings (SSSR count). The fourth-order valence-electron chi connectivity index (χ4n) is 3.54. The third kappa shape index (κ3) is 3.93. The van der Waals surface area contributed by atoms with Crippen molar-refractivity contribution in [2.24, 2.45) is 0 Å². The Morgan fingerprint density at radius 2 is 2.15 bits per heavy atom. The Labute approximate surface area is 157 Å². The molecule has 1 unspecified atom stereocenters. The molecule has 3 aromatic rings. The maximum atomic E-state index is 13.4. The average Bonchev–Trinajstić information content (AvgIpc) is 3.31. The molecule has 2 aromatic heterocycles. The molecule has 1 saturated heterocycles. The van der Waals surface area contributed by atoms with Crippen LogP contribution >= 0.6 is 0 Å². The molecule has 3 heterocycles. The number of H-pyrrole nitrogens is 1. The van der Waals surface area contributed by atoms with Crippen molar-refractivity contribution in [1.82, 2.24) is 19.9 Å². The number of aromatic amines is 1. The summed E-state index contributed by atoms with van der Waals surface area (Å²) in [5, 5.41) is 0. The highest BCUT2D eigenvalue weighted by Gasteiger charge is 2.21. The number of hydrogen-bond acceptors (Lipinski definition) is 5. The van der Waals surface area contributed by atoms with Crippen LogP contribution in [-0.4, -0.2) is 46.2 Å². The Balaban J connectivity index is 1.51. The van der Waals surface area contributed by atoms with Crippen molar-refractivity contribution >= 4 is 16.9 Å². The van der Waals surface area contributed by atoms with Crippen LogP contribution < -0.4 is 4.90 Å². The zero-order valence-electron chi connectivity index (χ0n) is 15.7. The third-order valence-corrected chi connectivity index (χ3v) is 5.01. The van der Waals surface area contributed by atoms with Crippen LogP contribution in [0.3, 0.4) is 0 Å². The van der Waals surface area contributed by atoms with Crippen LogP contribution in [-0.2, 0) is 11.2 Å². The summed E-state index contributed by atoms with van der Waals surface area (Å²) in [4.78, 5) is 19.2. The zero-order chi connectivity index (χ0) is 18.8. The first-order chi connectivity index (χ1) is 13.1. The lowest BCUT2D eigenvalue weighted by Gasteiger charge is -2.23. The van der Waals surface area contributed by atoms with E-state index in [4.69, 9.17) is 4.74 Å². The summed E-state index contributed by atoms with van der Waals surface area (Å²) in [6.07, 6.45) is 1.74. The first kappa shape index (κ1) is 17.9. The van der Waals surface area contributed by atoms with Crippen LogP contribution in [0.1, 0.15) is 36.6 Å². The summed E-state index contributed by atoms with van der Waals surface area (Å²) in [7, 11) is 0. The molecule has 7 heteroatoms. The second kappa shape index (κ2) is 7.60. The van der Waals surface area contributed by atoms with E-state index in [1.54, 1.807) is 6.07 Å². The zero-order valence-corrected chi connectivity index (χ0v) is 15.7. The van der Waals surface area contributed by atoms with Crippen molar-refractivity contribution in [3.8, 4) is 0 Å². The molecular formula is C20H24FN5O. The van der Waals surface area contributed by atoms with Gasteiger partial charge in [-0.05, 0) is 38.5 Å². The lowest BCUT2D eigenvalue weighted by atomic mass is 10.0. The molecule has 27 heavy (non-hydrogen) atoms. The summed E-state index contributed by atoms with van der Waals surface area (Å²) < 4.78 is 18.9. The Hall–Kier alpha value is -2.54. The number of halogens is 1. The molecule has 0 saturated carbocycles. The minimum absolute atomic E-state index is 0.257. The molecule has 0 aliphatic carbocycles. The van der Waals surface area contributed by atoms with Crippen molar-refractivity contribution in [3.05, 3.63) is 47.4 Å². The lowest BCUT2D eigenvalue weighted by molar-refractivity contribution is 0.193. The fraction of sp³-hybridized carbons (Fsp3) is 0.450. The van der Waals surface area contributed by atoms with E-state index >= 15 is 0 Å². The fourth-order valence-corrected chi connectivity index (χ4v) is 3.54. The van der Waals surface area contributed by atoms with Crippen molar-refractivity contribution < 1.29 is 9.13 Å². The topological polar surface area (TPSA) is 66.9 Å². The van der Waals surface area contributed by atoms with Gasteiger partial charge in [0, 0.05) is 38.1 Å². The molecule has 1 aliphatic heterocycles. The predicted molar refractivity (Wildman–Crippen MR) is 103 cm³/mol. The number of hydrogen-bond donors (Lipinski definition) is 1. The highest BCUT2D eigenvalue weighted by molar-refractivity contribution is 5.74. The van der Waals surface area contributed by atoms with E-state index in [1.807, 2.05) is 6.92 Å². The van der Waals surface area contributed by atoms with Crippen molar-refractivity contribution in [2.45, 2.75) is 32.6 Å². The Morgan fingerprint density at radius 1 is 1.26 bits per heavy atom. The number of imidazole rings is 1. The van der Waals surface area contributed by atoms with Crippen LogP contribution in [0.2, 0.25) is 0 Å². The highest BCUT2D eigenvalue weighted by atomic mass is 19.1. The quantitative estimate of drug-likeness (QED) is 0.722. The van der Waals surface area contributed by atoms with Gasteiger partial charge in [-0.15, -0.1) is 0 Å². The molecule has 6 nitrogen and oxygen atoms in total. The van der Waals surface area contributed by atoms with Crippen LogP contribution in [0.5, 0.6) is 0 Å². The first-order valence-electron chi connectivity index (χ1n) is 9.45. The number of ether oxygens (including phenoxy) is 1. The molecule has 0 spiro atoms. The van der Waals surface area contributed by atoms with Crippen LogP contribution in [0, 0.1) is 12.7 Å². The number of aryl methyl sites for hydroxylation is 1. The van der Waals surface area contributed by atoms with E-state index in [0.717, 1.165) is 73.3 Å². The standard InChI is InChI=1S/C20H24FN5O/c1-3-26(8-6-19-24-16-5-4-15(21)10-18(16)25-19)20-11-17(22-13(2)23-20)14-7-9-27-12-14/h4-5,10-11,14H,3,6-9,12H2,1-2H3,(H,24,25). The second-order valence-electron chi connectivity index (χ2n) is 6.93. The lowest BCUT2D eigenvalue weighted by Crippen LogP contribution is -2.27. The number of likely N-dealkylation sites (N-methyl/N-ethyl adjacent to an activating group) is 1. The predicted octanol–water partition coefficient (Wildman–Crippen LogP) is 3.37. The van der Waals surface area contributed by atoms with Crippen molar-refractivity contribution in [2.75, 3.05) is 31.2 Å². The van der Waals surface area contributed by atoms with E-state index in [2.05, 4.69) is 37.8 Å². The Kier molecular flexibility index (Phi) is 5.03. The average molecular weight is 369 g/mol. The molecule has 1 aliphatic rings. The van der Waals surface area contributed by atoms with Gasteiger partial charge in [-0.1, -0.05) is 0 Å². The molecule has 0 radical (unpaired) electrons. The first-order valence-corrected chi connectivity index (χ1v) is 9.45. The summed E-state index contributed by atoms with van der Waals surface area (Å²) >= 11 is 0. The summed E-state index contributed by atoms with van der Waals surface area (Å²) in [6, 6.07) is 6.70. The molecule has 1 atom stereocenters.